The summed E-state index contributed by atoms with van der Waals surface area (Å²) in [7, 11) is -0.476. The summed E-state index contributed by atoms with van der Waals surface area (Å²) in [6.45, 7) is 6.69. The van der Waals surface area contributed by atoms with Crippen LogP contribution in [0.1, 0.15) is 26.3 Å². The minimum absolute atomic E-state index is 0.100. The van der Waals surface area contributed by atoms with Crippen LogP contribution < -0.4 is 11.1 Å². The SMILES string of the molecule is CC1C=CC=C(Nc2cccc(CN3[C@H](C)CN(S(=O)(=O)N(C)C)C[C@@H]3C)c2F)N1C(N)=O. The molecule has 0 saturated carbocycles. The summed E-state index contributed by atoms with van der Waals surface area (Å²) >= 11 is 0. The van der Waals surface area contributed by atoms with Gasteiger partial charge in [0, 0.05) is 51.4 Å². The number of piperazine rings is 1. The lowest BCUT2D eigenvalue weighted by Gasteiger charge is -2.44. The number of nitrogens with two attached hydrogens (primary N) is 1. The molecule has 11 heteroatoms. The maximum Gasteiger partial charge on any atom is 0.320 e. The third kappa shape index (κ3) is 5.21. The standard InChI is InChI=1S/C22H33FN6O3S/c1-15-8-6-11-20(29(15)22(24)30)25-19-10-7-9-18(21(19)23)14-28-16(2)12-27(13-17(28)3)33(31,32)26(4)5/h6-11,15-17,25H,12-14H2,1-5H3,(H2,24,30)/t15?,16-,17+. The van der Waals surface area contributed by atoms with Crippen molar-refractivity contribution in [3.8, 4) is 0 Å². The fourth-order valence-electron chi connectivity index (χ4n) is 4.29. The van der Waals surface area contributed by atoms with Crippen LogP contribution >= 0.6 is 0 Å². The molecule has 1 unspecified atom stereocenters. The number of nitrogens with one attached hydrogen (secondary N) is 1. The van der Waals surface area contributed by atoms with E-state index in [9.17, 15) is 13.2 Å². The van der Waals surface area contributed by atoms with Gasteiger partial charge >= 0.3 is 6.03 Å². The average molecular weight is 481 g/mol. The lowest BCUT2D eigenvalue weighted by atomic mass is 10.1. The predicted molar refractivity (Wildman–Crippen MR) is 127 cm³/mol. The van der Waals surface area contributed by atoms with Crippen LogP contribution in [0.15, 0.2) is 42.2 Å². The van der Waals surface area contributed by atoms with Crippen LogP contribution in [0, 0.1) is 5.82 Å². The molecule has 3 N–H and O–H groups in total. The van der Waals surface area contributed by atoms with Gasteiger partial charge in [0.25, 0.3) is 10.2 Å². The first-order valence-electron chi connectivity index (χ1n) is 10.9. The topological polar surface area (TPSA) is 102 Å². The molecule has 2 aliphatic rings. The minimum Gasteiger partial charge on any atom is -0.351 e. The fourth-order valence-corrected chi connectivity index (χ4v) is 5.56. The largest absolute Gasteiger partial charge is 0.351 e. The Morgan fingerprint density at radius 3 is 2.42 bits per heavy atom. The summed E-state index contributed by atoms with van der Waals surface area (Å²) in [5.74, 6) is -0.0226. The predicted octanol–water partition coefficient (Wildman–Crippen LogP) is 2.12. The summed E-state index contributed by atoms with van der Waals surface area (Å²) in [5, 5.41) is 3.00. The van der Waals surface area contributed by atoms with Gasteiger partial charge in [-0.3, -0.25) is 9.80 Å². The molecular weight excluding hydrogens is 447 g/mol. The van der Waals surface area contributed by atoms with Gasteiger partial charge in [-0.25, -0.2) is 9.18 Å². The summed E-state index contributed by atoms with van der Waals surface area (Å²) in [6, 6.07) is 3.99. The zero-order valence-corrected chi connectivity index (χ0v) is 20.5. The second-order valence-corrected chi connectivity index (χ2v) is 10.9. The first-order valence-corrected chi connectivity index (χ1v) is 12.3. The van der Waals surface area contributed by atoms with E-state index in [4.69, 9.17) is 5.73 Å². The van der Waals surface area contributed by atoms with E-state index in [-0.39, 0.29) is 23.8 Å². The molecule has 0 aliphatic carbocycles. The van der Waals surface area contributed by atoms with E-state index < -0.39 is 22.1 Å². The van der Waals surface area contributed by atoms with Crippen molar-refractivity contribution in [2.75, 3.05) is 32.5 Å². The van der Waals surface area contributed by atoms with Crippen LogP contribution in [0.5, 0.6) is 0 Å². The molecule has 0 bridgehead atoms. The van der Waals surface area contributed by atoms with Gasteiger partial charge in [-0.2, -0.15) is 17.0 Å². The molecule has 9 nitrogen and oxygen atoms in total. The number of rotatable bonds is 6. The summed E-state index contributed by atoms with van der Waals surface area (Å²) in [6.07, 6.45) is 5.28. The van der Waals surface area contributed by atoms with Gasteiger partial charge in [-0.05, 0) is 32.9 Å². The summed E-state index contributed by atoms with van der Waals surface area (Å²) in [4.78, 5) is 15.3. The molecule has 182 valence electrons. The molecule has 1 aromatic rings. The molecule has 1 fully saturated rings. The van der Waals surface area contributed by atoms with Crippen molar-refractivity contribution < 1.29 is 17.6 Å². The van der Waals surface area contributed by atoms with Gasteiger partial charge < -0.3 is 11.1 Å². The third-order valence-electron chi connectivity index (χ3n) is 6.10. The molecule has 0 radical (unpaired) electrons. The van der Waals surface area contributed by atoms with Crippen LogP contribution in [0.25, 0.3) is 0 Å². The molecule has 0 aromatic heterocycles. The molecule has 1 aromatic carbocycles. The maximum atomic E-state index is 15.5. The van der Waals surface area contributed by atoms with E-state index in [1.165, 1.54) is 27.6 Å². The van der Waals surface area contributed by atoms with E-state index in [0.29, 0.717) is 31.0 Å². The third-order valence-corrected chi connectivity index (χ3v) is 7.97. The second-order valence-electron chi connectivity index (χ2n) is 8.77. The molecule has 1 saturated heterocycles. The zero-order chi connectivity index (χ0) is 24.5. The molecule has 2 amide bonds. The highest BCUT2D eigenvalue weighted by Crippen LogP contribution is 2.27. The number of nitrogens with zero attached hydrogens (tertiary/aromatic N) is 4. The molecule has 33 heavy (non-hydrogen) atoms. The number of allylic oxidation sites excluding steroid dienone is 2. The fraction of sp³-hybridized carbons (Fsp3) is 0.500. The molecule has 3 atom stereocenters. The Morgan fingerprint density at radius 2 is 1.85 bits per heavy atom. The highest BCUT2D eigenvalue weighted by atomic mass is 32.2. The highest BCUT2D eigenvalue weighted by Gasteiger charge is 2.36. The number of primary amides is 1. The Kier molecular flexibility index (Phi) is 7.47. The van der Waals surface area contributed by atoms with Crippen LogP contribution in [-0.2, 0) is 16.8 Å². The molecule has 2 aliphatic heterocycles. The van der Waals surface area contributed by atoms with Crippen molar-refractivity contribution in [1.82, 2.24) is 18.4 Å². The van der Waals surface area contributed by atoms with Crippen molar-refractivity contribution in [1.29, 1.82) is 0 Å². The van der Waals surface area contributed by atoms with E-state index in [0.717, 1.165) is 0 Å². The first kappa shape index (κ1) is 25.2. The van der Waals surface area contributed by atoms with Gasteiger partial charge in [0.05, 0.1) is 11.7 Å². The van der Waals surface area contributed by atoms with Crippen LogP contribution in [-0.4, -0.2) is 78.2 Å². The Labute approximate surface area is 195 Å². The zero-order valence-electron chi connectivity index (χ0n) is 19.7. The minimum atomic E-state index is -3.51. The number of carbonyl (C=O) groups excluding carboxylic acids is 1. The number of anilines is 1. The van der Waals surface area contributed by atoms with Crippen LogP contribution in [0.4, 0.5) is 14.9 Å². The van der Waals surface area contributed by atoms with E-state index >= 15 is 4.39 Å². The molecule has 3 rings (SSSR count). The van der Waals surface area contributed by atoms with Gasteiger partial charge in [0.15, 0.2) is 5.82 Å². The van der Waals surface area contributed by atoms with E-state index in [1.807, 2.05) is 26.8 Å². The normalized spacial score (nSPS) is 24.8. The Morgan fingerprint density at radius 1 is 1.21 bits per heavy atom. The summed E-state index contributed by atoms with van der Waals surface area (Å²) in [5.41, 5.74) is 6.22. The monoisotopic (exact) mass is 480 g/mol. The quantitative estimate of drug-likeness (QED) is 0.649. The van der Waals surface area contributed by atoms with Gasteiger partial charge in [-0.15, -0.1) is 0 Å². The molecule has 0 spiro atoms. The van der Waals surface area contributed by atoms with E-state index in [2.05, 4.69) is 10.2 Å². The number of benzene rings is 1. The molecule has 2 heterocycles. The number of amides is 2. The smallest absolute Gasteiger partial charge is 0.320 e. The Balaban J connectivity index is 1.78. The number of hydrogen-bond donors (Lipinski definition) is 2. The van der Waals surface area contributed by atoms with Crippen molar-refractivity contribution in [2.24, 2.45) is 5.73 Å². The van der Waals surface area contributed by atoms with E-state index in [1.54, 1.807) is 30.4 Å². The van der Waals surface area contributed by atoms with Gasteiger partial charge in [-0.1, -0.05) is 24.3 Å². The summed E-state index contributed by atoms with van der Waals surface area (Å²) < 4.78 is 43.2. The average Bonchev–Trinajstić information content (AvgIpc) is 2.72. The van der Waals surface area contributed by atoms with Crippen LogP contribution in [0.2, 0.25) is 0 Å². The van der Waals surface area contributed by atoms with Crippen molar-refractivity contribution in [3.05, 3.63) is 53.6 Å². The first-order chi connectivity index (χ1) is 15.4. The van der Waals surface area contributed by atoms with Crippen molar-refractivity contribution in [2.45, 2.75) is 45.4 Å². The molecular formula is C22H33FN6O3S. The number of halogens is 1. The van der Waals surface area contributed by atoms with Gasteiger partial charge in [0.1, 0.15) is 5.82 Å². The number of hydrogen-bond acceptors (Lipinski definition) is 5. The van der Waals surface area contributed by atoms with Crippen LogP contribution in [0.3, 0.4) is 0 Å². The Hall–Kier alpha value is -2.47. The highest BCUT2D eigenvalue weighted by molar-refractivity contribution is 7.86. The second kappa shape index (κ2) is 9.80. The number of urea groups is 1. The lowest BCUT2D eigenvalue weighted by Crippen LogP contribution is -2.59. The number of carbonyl (C=O) groups is 1. The Bertz CT molecular complexity index is 1050. The van der Waals surface area contributed by atoms with Crippen molar-refractivity contribution in [3.63, 3.8) is 0 Å². The lowest BCUT2D eigenvalue weighted by molar-refractivity contribution is 0.0668. The maximum absolute atomic E-state index is 15.5. The van der Waals surface area contributed by atoms with Gasteiger partial charge in [0.2, 0.25) is 0 Å². The van der Waals surface area contributed by atoms with Crippen molar-refractivity contribution >= 4 is 21.9 Å².